The molecule has 0 bridgehead atoms. The van der Waals surface area contributed by atoms with Crippen LogP contribution in [-0.4, -0.2) is 13.7 Å². The summed E-state index contributed by atoms with van der Waals surface area (Å²) in [6.07, 6.45) is 1.78. The van der Waals surface area contributed by atoms with Gasteiger partial charge < -0.3 is 14.8 Å². The minimum Gasteiger partial charge on any atom is -0.493 e. The lowest BCUT2D eigenvalue weighted by Crippen LogP contribution is -2.13. The van der Waals surface area contributed by atoms with Crippen LogP contribution in [0.25, 0.3) is 0 Å². The largest absolute Gasteiger partial charge is 0.493 e. The van der Waals surface area contributed by atoms with Gasteiger partial charge in [-0.15, -0.1) is 6.58 Å². The van der Waals surface area contributed by atoms with E-state index in [1.807, 2.05) is 6.07 Å². The van der Waals surface area contributed by atoms with Crippen molar-refractivity contribution in [2.45, 2.75) is 13.2 Å². The standard InChI is InChI=1S/C18H19ClFNO2/c1-3-8-21-11-14-9-17(22-2)18(10-16(14)19)23-12-13-4-6-15(20)7-5-13/h3-7,9-10,21H,1,8,11-12H2,2H3. The fourth-order valence-electron chi connectivity index (χ4n) is 2.04. The second-order valence-electron chi connectivity index (χ2n) is 4.93. The molecule has 0 amide bonds. The van der Waals surface area contributed by atoms with Crippen LogP contribution in [0, 0.1) is 5.82 Å². The number of ether oxygens (including phenoxy) is 2. The van der Waals surface area contributed by atoms with E-state index in [4.69, 9.17) is 21.1 Å². The van der Waals surface area contributed by atoms with Crippen molar-refractivity contribution in [3.8, 4) is 11.5 Å². The van der Waals surface area contributed by atoms with Gasteiger partial charge in [-0.05, 0) is 29.3 Å². The number of hydrogen-bond donors (Lipinski definition) is 1. The monoisotopic (exact) mass is 335 g/mol. The fourth-order valence-corrected chi connectivity index (χ4v) is 2.26. The molecule has 2 aromatic carbocycles. The van der Waals surface area contributed by atoms with Crippen LogP contribution >= 0.6 is 11.6 Å². The van der Waals surface area contributed by atoms with Crippen LogP contribution in [0.15, 0.2) is 49.1 Å². The molecule has 23 heavy (non-hydrogen) atoms. The smallest absolute Gasteiger partial charge is 0.163 e. The van der Waals surface area contributed by atoms with Crippen molar-refractivity contribution in [1.82, 2.24) is 5.32 Å². The molecule has 0 fully saturated rings. The van der Waals surface area contributed by atoms with E-state index in [0.717, 1.165) is 11.1 Å². The minimum atomic E-state index is -0.272. The average Bonchev–Trinajstić information content (AvgIpc) is 2.56. The Bertz CT molecular complexity index is 659. The molecule has 0 unspecified atom stereocenters. The maximum atomic E-state index is 12.9. The molecule has 1 N–H and O–H groups in total. The molecule has 0 aliphatic rings. The molecule has 0 aromatic heterocycles. The highest BCUT2D eigenvalue weighted by Gasteiger charge is 2.11. The first kappa shape index (κ1) is 17.3. The van der Waals surface area contributed by atoms with Gasteiger partial charge >= 0.3 is 0 Å². The van der Waals surface area contributed by atoms with E-state index in [1.54, 1.807) is 31.4 Å². The van der Waals surface area contributed by atoms with Crippen molar-refractivity contribution in [2.24, 2.45) is 0 Å². The van der Waals surface area contributed by atoms with E-state index < -0.39 is 0 Å². The second kappa shape index (κ2) is 8.56. The highest BCUT2D eigenvalue weighted by molar-refractivity contribution is 6.31. The molecule has 0 saturated carbocycles. The summed E-state index contributed by atoms with van der Waals surface area (Å²) < 4.78 is 24.0. The average molecular weight is 336 g/mol. The van der Waals surface area contributed by atoms with Gasteiger partial charge in [0, 0.05) is 24.2 Å². The molecule has 122 valence electrons. The first-order chi connectivity index (χ1) is 11.1. The zero-order chi connectivity index (χ0) is 16.7. The van der Waals surface area contributed by atoms with Gasteiger partial charge in [-0.3, -0.25) is 0 Å². The molecule has 0 saturated heterocycles. The molecular weight excluding hydrogens is 317 g/mol. The predicted octanol–water partition coefficient (Wildman–Crippen LogP) is 4.34. The Kier molecular flexibility index (Phi) is 6.44. The minimum absolute atomic E-state index is 0.272. The molecule has 0 aliphatic heterocycles. The summed E-state index contributed by atoms with van der Waals surface area (Å²) in [7, 11) is 1.58. The van der Waals surface area contributed by atoms with Gasteiger partial charge in [-0.2, -0.15) is 0 Å². The Morgan fingerprint density at radius 2 is 1.96 bits per heavy atom. The first-order valence-electron chi connectivity index (χ1n) is 7.19. The maximum Gasteiger partial charge on any atom is 0.163 e. The van der Waals surface area contributed by atoms with Crippen LogP contribution in [0.3, 0.4) is 0 Å². The zero-order valence-electron chi connectivity index (χ0n) is 12.9. The summed E-state index contributed by atoms with van der Waals surface area (Å²) in [6, 6.07) is 9.73. The van der Waals surface area contributed by atoms with E-state index in [9.17, 15) is 4.39 Å². The SMILES string of the molecule is C=CCNCc1cc(OC)c(OCc2ccc(F)cc2)cc1Cl. The quantitative estimate of drug-likeness (QED) is 0.575. The number of hydrogen-bond acceptors (Lipinski definition) is 3. The topological polar surface area (TPSA) is 30.5 Å². The number of rotatable bonds is 8. The third-order valence-electron chi connectivity index (χ3n) is 3.24. The Balaban J connectivity index is 2.09. The summed E-state index contributed by atoms with van der Waals surface area (Å²) in [5, 5.41) is 3.79. The highest BCUT2D eigenvalue weighted by atomic mass is 35.5. The predicted molar refractivity (Wildman–Crippen MR) is 90.6 cm³/mol. The summed E-state index contributed by atoms with van der Waals surface area (Å²) >= 11 is 6.29. The third kappa shape index (κ3) is 4.98. The highest BCUT2D eigenvalue weighted by Crippen LogP contribution is 2.33. The number of benzene rings is 2. The van der Waals surface area contributed by atoms with Crippen LogP contribution in [0.1, 0.15) is 11.1 Å². The summed E-state index contributed by atoms with van der Waals surface area (Å²) in [4.78, 5) is 0. The van der Waals surface area contributed by atoms with Gasteiger partial charge in [0.05, 0.1) is 7.11 Å². The van der Waals surface area contributed by atoms with E-state index in [-0.39, 0.29) is 5.82 Å². The van der Waals surface area contributed by atoms with Crippen molar-refractivity contribution in [1.29, 1.82) is 0 Å². The number of nitrogens with one attached hydrogen (secondary N) is 1. The molecule has 2 rings (SSSR count). The van der Waals surface area contributed by atoms with Crippen LogP contribution in [0.4, 0.5) is 4.39 Å². The molecule has 0 aliphatic carbocycles. The summed E-state index contributed by atoms with van der Waals surface area (Å²) in [5.74, 6) is 0.881. The van der Waals surface area contributed by atoms with Gasteiger partial charge in [0.15, 0.2) is 11.5 Å². The number of halogens is 2. The van der Waals surface area contributed by atoms with Gasteiger partial charge in [0.1, 0.15) is 12.4 Å². The number of methoxy groups -OCH3 is 1. The van der Waals surface area contributed by atoms with Crippen molar-refractivity contribution in [3.63, 3.8) is 0 Å². The zero-order valence-corrected chi connectivity index (χ0v) is 13.7. The molecule has 2 aromatic rings. The van der Waals surface area contributed by atoms with Crippen molar-refractivity contribution < 1.29 is 13.9 Å². The van der Waals surface area contributed by atoms with E-state index in [2.05, 4.69) is 11.9 Å². The Morgan fingerprint density at radius 1 is 1.22 bits per heavy atom. The van der Waals surface area contributed by atoms with Crippen LogP contribution in [0.5, 0.6) is 11.5 Å². The molecule has 0 atom stereocenters. The van der Waals surface area contributed by atoms with Crippen molar-refractivity contribution in [3.05, 3.63) is 71.0 Å². The first-order valence-corrected chi connectivity index (χ1v) is 7.57. The lowest BCUT2D eigenvalue weighted by molar-refractivity contribution is 0.284. The normalized spacial score (nSPS) is 10.4. The molecule has 0 spiro atoms. The van der Waals surface area contributed by atoms with E-state index in [1.165, 1.54) is 12.1 Å². The van der Waals surface area contributed by atoms with Gasteiger partial charge in [-0.1, -0.05) is 29.8 Å². The molecule has 5 heteroatoms. The van der Waals surface area contributed by atoms with E-state index >= 15 is 0 Å². The Hall–Kier alpha value is -2.04. The van der Waals surface area contributed by atoms with Gasteiger partial charge in [-0.25, -0.2) is 4.39 Å². The van der Waals surface area contributed by atoms with Crippen LogP contribution in [0.2, 0.25) is 5.02 Å². The fraction of sp³-hybridized carbons (Fsp3) is 0.222. The molecule has 0 radical (unpaired) electrons. The molecular formula is C18H19ClFNO2. The lowest BCUT2D eigenvalue weighted by atomic mass is 10.2. The maximum absolute atomic E-state index is 12.9. The third-order valence-corrected chi connectivity index (χ3v) is 3.60. The van der Waals surface area contributed by atoms with Gasteiger partial charge in [0.2, 0.25) is 0 Å². The van der Waals surface area contributed by atoms with Crippen molar-refractivity contribution in [2.75, 3.05) is 13.7 Å². The van der Waals surface area contributed by atoms with Crippen LogP contribution < -0.4 is 14.8 Å². The second-order valence-corrected chi connectivity index (χ2v) is 5.34. The van der Waals surface area contributed by atoms with Crippen molar-refractivity contribution >= 4 is 11.6 Å². The summed E-state index contributed by atoms with van der Waals surface area (Å²) in [5.41, 5.74) is 1.78. The lowest BCUT2D eigenvalue weighted by Gasteiger charge is -2.14. The van der Waals surface area contributed by atoms with Crippen LogP contribution in [-0.2, 0) is 13.2 Å². The Morgan fingerprint density at radius 3 is 2.61 bits per heavy atom. The van der Waals surface area contributed by atoms with Gasteiger partial charge in [0.25, 0.3) is 0 Å². The Labute approximate surface area is 140 Å². The molecule has 0 heterocycles. The molecule has 3 nitrogen and oxygen atoms in total. The summed E-state index contributed by atoms with van der Waals surface area (Å²) in [6.45, 7) is 5.27. The van der Waals surface area contributed by atoms with E-state index in [0.29, 0.717) is 36.2 Å².